The van der Waals surface area contributed by atoms with Crippen molar-refractivity contribution in [2.45, 2.75) is 13.1 Å². The number of carbonyl (C=O) groups excluding carboxylic acids is 1. The van der Waals surface area contributed by atoms with Gasteiger partial charge in [-0.15, -0.1) is 0 Å². The van der Waals surface area contributed by atoms with E-state index in [2.05, 4.69) is 10.3 Å². The number of hydrogen-bond donors (Lipinski definition) is 1. The molecule has 4 aromatic rings. The Morgan fingerprint density at radius 1 is 1.00 bits per heavy atom. The summed E-state index contributed by atoms with van der Waals surface area (Å²) in [6.07, 6.45) is 5.21. The molecule has 0 aliphatic rings. The summed E-state index contributed by atoms with van der Waals surface area (Å²) in [6, 6.07) is 21.4. The smallest absolute Gasteiger partial charge is 0.255 e. The Labute approximate surface area is 175 Å². The predicted molar refractivity (Wildman–Crippen MR) is 115 cm³/mol. The minimum absolute atomic E-state index is 0.177. The van der Waals surface area contributed by atoms with Gasteiger partial charge in [0.1, 0.15) is 11.4 Å². The molecule has 0 aliphatic carbocycles. The van der Waals surface area contributed by atoms with E-state index in [1.165, 1.54) is 0 Å². The highest BCUT2D eigenvalue weighted by Gasteiger charge is 2.18. The van der Waals surface area contributed by atoms with Crippen molar-refractivity contribution in [3.05, 3.63) is 102 Å². The zero-order chi connectivity index (χ0) is 20.8. The Morgan fingerprint density at radius 2 is 1.80 bits per heavy atom. The van der Waals surface area contributed by atoms with Gasteiger partial charge in [0.25, 0.3) is 5.91 Å². The molecule has 6 nitrogen and oxygen atoms in total. The lowest BCUT2D eigenvalue weighted by Gasteiger charge is -2.06. The fourth-order valence-corrected chi connectivity index (χ4v) is 3.20. The van der Waals surface area contributed by atoms with Crippen LogP contribution in [0.3, 0.4) is 0 Å². The molecule has 2 heterocycles. The average Bonchev–Trinajstić information content (AvgIpc) is 3.23. The van der Waals surface area contributed by atoms with Gasteiger partial charge in [-0.3, -0.25) is 14.5 Å². The van der Waals surface area contributed by atoms with Crippen LogP contribution in [0.25, 0.3) is 11.3 Å². The van der Waals surface area contributed by atoms with Gasteiger partial charge >= 0.3 is 0 Å². The summed E-state index contributed by atoms with van der Waals surface area (Å²) in [5.74, 6) is 0.539. The molecule has 0 saturated heterocycles. The van der Waals surface area contributed by atoms with Crippen LogP contribution in [0.2, 0.25) is 0 Å². The first-order valence-corrected chi connectivity index (χ1v) is 9.66. The lowest BCUT2D eigenvalue weighted by atomic mass is 10.1. The Hall–Kier alpha value is -3.93. The van der Waals surface area contributed by atoms with Crippen LogP contribution in [0.5, 0.6) is 5.75 Å². The lowest BCUT2D eigenvalue weighted by Crippen LogP contribution is -2.23. The molecule has 0 saturated carbocycles. The van der Waals surface area contributed by atoms with Crippen LogP contribution >= 0.6 is 0 Å². The predicted octanol–water partition coefficient (Wildman–Crippen LogP) is 3.93. The van der Waals surface area contributed by atoms with E-state index in [1.807, 2.05) is 66.7 Å². The van der Waals surface area contributed by atoms with Crippen LogP contribution in [0.4, 0.5) is 0 Å². The molecule has 150 valence electrons. The molecule has 0 bridgehead atoms. The van der Waals surface area contributed by atoms with Crippen LogP contribution in [0.1, 0.15) is 21.5 Å². The van der Waals surface area contributed by atoms with Crippen molar-refractivity contribution < 1.29 is 9.53 Å². The first-order valence-electron chi connectivity index (χ1n) is 9.66. The van der Waals surface area contributed by atoms with Gasteiger partial charge in [0.2, 0.25) is 0 Å². The van der Waals surface area contributed by atoms with Crippen molar-refractivity contribution in [2.24, 2.45) is 0 Å². The lowest BCUT2D eigenvalue weighted by molar-refractivity contribution is 0.0951. The Kier molecular flexibility index (Phi) is 5.85. The Bertz CT molecular complexity index is 1120. The van der Waals surface area contributed by atoms with E-state index in [0.717, 1.165) is 16.7 Å². The van der Waals surface area contributed by atoms with E-state index in [4.69, 9.17) is 9.84 Å². The van der Waals surface area contributed by atoms with Crippen molar-refractivity contribution in [1.29, 1.82) is 0 Å². The van der Waals surface area contributed by atoms with Crippen molar-refractivity contribution in [1.82, 2.24) is 20.1 Å². The monoisotopic (exact) mass is 398 g/mol. The number of amides is 1. The van der Waals surface area contributed by atoms with Gasteiger partial charge in [0.15, 0.2) is 0 Å². The molecule has 0 fully saturated rings. The van der Waals surface area contributed by atoms with Crippen LogP contribution in [0.15, 0.2) is 85.3 Å². The number of nitrogens with zero attached hydrogens (tertiary/aromatic N) is 3. The second-order valence-electron chi connectivity index (χ2n) is 6.84. The van der Waals surface area contributed by atoms with E-state index in [9.17, 15) is 4.79 Å². The minimum Gasteiger partial charge on any atom is -0.497 e. The summed E-state index contributed by atoms with van der Waals surface area (Å²) < 4.78 is 7.14. The van der Waals surface area contributed by atoms with E-state index in [1.54, 1.807) is 30.4 Å². The first-order chi connectivity index (χ1) is 14.7. The summed E-state index contributed by atoms with van der Waals surface area (Å²) in [4.78, 5) is 17.0. The summed E-state index contributed by atoms with van der Waals surface area (Å²) in [6.45, 7) is 0.998. The van der Waals surface area contributed by atoms with Gasteiger partial charge in [-0.05, 0) is 35.4 Å². The van der Waals surface area contributed by atoms with Gasteiger partial charge in [-0.2, -0.15) is 5.10 Å². The van der Waals surface area contributed by atoms with Crippen LogP contribution < -0.4 is 10.1 Å². The summed E-state index contributed by atoms with van der Waals surface area (Å²) in [5.41, 5.74) is 4.07. The topological polar surface area (TPSA) is 69.0 Å². The maximum absolute atomic E-state index is 13.0. The third-order valence-electron chi connectivity index (χ3n) is 4.74. The molecular weight excluding hydrogens is 376 g/mol. The number of ether oxygens (including phenoxy) is 1. The number of rotatable bonds is 7. The maximum atomic E-state index is 13.0. The standard InChI is InChI=1S/C24H22N4O2/c1-30-21-9-5-8-20(14-21)23-22(24(29)26-15-18-10-12-25-13-11-18)17-28(27-23)16-19-6-3-2-4-7-19/h2-14,17H,15-16H2,1H3,(H,26,29). The van der Waals surface area contributed by atoms with Gasteiger partial charge in [0, 0.05) is 30.7 Å². The molecule has 0 atom stereocenters. The number of pyridine rings is 1. The largest absolute Gasteiger partial charge is 0.497 e. The fraction of sp³-hybridized carbons (Fsp3) is 0.125. The zero-order valence-electron chi connectivity index (χ0n) is 16.7. The minimum atomic E-state index is -0.177. The highest BCUT2D eigenvalue weighted by atomic mass is 16.5. The molecule has 1 N–H and O–H groups in total. The van der Waals surface area contributed by atoms with Gasteiger partial charge in [-0.1, -0.05) is 42.5 Å². The van der Waals surface area contributed by atoms with E-state index in [0.29, 0.717) is 30.1 Å². The molecule has 0 radical (unpaired) electrons. The third-order valence-corrected chi connectivity index (χ3v) is 4.74. The zero-order valence-corrected chi connectivity index (χ0v) is 16.7. The van der Waals surface area contributed by atoms with E-state index in [-0.39, 0.29) is 5.91 Å². The molecule has 1 amide bonds. The average molecular weight is 398 g/mol. The van der Waals surface area contributed by atoms with Gasteiger partial charge < -0.3 is 10.1 Å². The number of aromatic nitrogens is 3. The molecule has 6 heteroatoms. The Balaban J connectivity index is 1.64. The number of hydrogen-bond acceptors (Lipinski definition) is 4. The number of benzene rings is 2. The van der Waals surface area contributed by atoms with Gasteiger partial charge in [0.05, 0.1) is 19.2 Å². The number of methoxy groups -OCH3 is 1. The fourth-order valence-electron chi connectivity index (χ4n) is 3.20. The SMILES string of the molecule is COc1cccc(-c2nn(Cc3ccccc3)cc2C(=O)NCc2ccncc2)c1. The molecule has 0 unspecified atom stereocenters. The van der Waals surface area contributed by atoms with Gasteiger partial charge in [-0.25, -0.2) is 0 Å². The molecule has 0 aliphatic heterocycles. The molecule has 30 heavy (non-hydrogen) atoms. The first kappa shape index (κ1) is 19.4. The number of carbonyl (C=O) groups is 1. The van der Waals surface area contributed by atoms with Crippen LogP contribution in [-0.2, 0) is 13.1 Å². The third kappa shape index (κ3) is 4.55. The van der Waals surface area contributed by atoms with Crippen LogP contribution in [-0.4, -0.2) is 27.8 Å². The van der Waals surface area contributed by atoms with Crippen molar-refractivity contribution >= 4 is 5.91 Å². The normalized spacial score (nSPS) is 10.6. The quantitative estimate of drug-likeness (QED) is 0.512. The van der Waals surface area contributed by atoms with E-state index < -0.39 is 0 Å². The van der Waals surface area contributed by atoms with Crippen LogP contribution in [0, 0.1) is 0 Å². The molecule has 0 spiro atoms. The highest BCUT2D eigenvalue weighted by Crippen LogP contribution is 2.26. The molecular formula is C24H22N4O2. The summed E-state index contributed by atoms with van der Waals surface area (Å²) in [7, 11) is 1.62. The second kappa shape index (κ2) is 9.05. The van der Waals surface area contributed by atoms with Crippen molar-refractivity contribution in [3.8, 4) is 17.0 Å². The maximum Gasteiger partial charge on any atom is 0.255 e. The summed E-state index contributed by atoms with van der Waals surface area (Å²) in [5, 5.41) is 7.70. The molecule has 2 aromatic heterocycles. The number of nitrogens with one attached hydrogen (secondary N) is 1. The second-order valence-corrected chi connectivity index (χ2v) is 6.84. The highest BCUT2D eigenvalue weighted by molar-refractivity contribution is 5.99. The van der Waals surface area contributed by atoms with Crippen molar-refractivity contribution in [3.63, 3.8) is 0 Å². The molecule has 4 rings (SSSR count). The van der Waals surface area contributed by atoms with E-state index >= 15 is 0 Å². The van der Waals surface area contributed by atoms with Crippen molar-refractivity contribution in [2.75, 3.05) is 7.11 Å². The molecule has 2 aromatic carbocycles. The summed E-state index contributed by atoms with van der Waals surface area (Å²) >= 11 is 0. The Morgan fingerprint density at radius 3 is 2.57 bits per heavy atom.